The van der Waals surface area contributed by atoms with E-state index in [1.54, 1.807) is 17.9 Å². The molecule has 19 heavy (non-hydrogen) atoms. The first-order valence-electron chi connectivity index (χ1n) is 6.24. The number of rotatable bonds is 3. The number of hydrogen-bond acceptors (Lipinski definition) is 4. The molecule has 1 aliphatic heterocycles. The van der Waals surface area contributed by atoms with Crippen LogP contribution in [0.1, 0.15) is 22.3 Å². The predicted octanol–water partition coefficient (Wildman–Crippen LogP) is 1.34. The van der Waals surface area contributed by atoms with Gasteiger partial charge in [0.1, 0.15) is 0 Å². The highest BCUT2D eigenvalue weighted by Crippen LogP contribution is 2.21. The van der Waals surface area contributed by atoms with Crippen molar-refractivity contribution in [1.29, 1.82) is 0 Å². The number of carbonyl (C=O) groups excluding carboxylic acids is 1. The first kappa shape index (κ1) is 13.5. The Morgan fingerprint density at radius 3 is 2.84 bits per heavy atom. The zero-order chi connectivity index (χ0) is 14.0. The molecule has 6 nitrogen and oxygen atoms in total. The second-order valence-electron chi connectivity index (χ2n) is 4.78. The molecule has 0 aromatic heterocycles. The average Bonchev–Trinajstić information content (AvgIpc) is 2.87. The van der Waals surface area contributed by atoms with Crippen LogP contribution in [-0.2, 0) is 0 Å². The van der Waals surface area contributed by atoms with Gasteiger partial charge in [0.15, 0.2) is 0 Å². The summed E-state index contributed by atoms with van der Waals surface area (Å²) >= 11 is 0. The molecule has 1 amide bonds. The van der Waals surface area contributed by atoms with Crippen LogP contribution < -0.4 is 5.32 Å². The van der Waals surface area contributed by atoms with Crippen molar-refractivity contribution in [3.63, 3.8) is 0 Å². The first-order valence-corrected chi connectivity index (χ1v) is 6.24. The van der Waals surface area contributed by atoms with E-state index in [2.05, 4.69) is 5.32 Å². The Morgan fingerprint density at radius 1 is 1.53 bits per heavy atom. The van der Waals surface area contributed by atoms with E-state index in [0.717, 1.165) is 12.0 Å². The predicted molar refractivity (Wildman–Crippen MR) is 71.2 cm³/mol. The standard InChI is InChI=1S/C13H17N3O3/c1-9-3-4-11(16(18)19)7-12(9)13(17)15-6-5-10(8-15)14-2/h3-4,7,10,14H,5-6,8H2,1-2H3. The lowest BCUT2D eigenvalue weighted by Gasteiger charge is -2.17. The Labute approximate surface area is 111 Å². The number of likely N-dealkylation sites (N-methyl/N-ethyl adjacent to an activating group) is 1. The van der Waals surface area contributed by atoms with Crippen molar-refractivity contribution < 1.29 is 9.72 Å². The molecular formula is C13H17N3O3. The molecule has 0 aliphatic carbocycles. The van der Waals surface area contributed by atoms with Gasteiger partial charge in [-0.3, -0.25) is 14.9 Å². The summed E-state index contributed by atoms with van der Waals surface area (Å²) in [4.78, 5) is 24.4. The maximum absolute atomic E-state index is 12.4. The van der Waals surface area contributed by atoms with E-state index < -0.39 is 4.92 Å². The third-order valence-corrected chi connectivity index (χ3v) is 3.55. The van der Waals surface area contributed by atoms with Gasteiger partial charge in [-0.15, -0.1) is 0 Å². The molecule has 0 saturated carbocycles. The lowest BCUT2D eigenvalue weighted by atomic mass is 10.1. The molecule has 1 fully saturated rings. The Bertz CT molecular complexity index is 516. The first-order chi connectivity index (χ1) is 9.02. The highest BCUT2D eigenvalue weighted by Gasteiger charge is 2.27. The van der Waals surface area contributed by atoms with Crippen molar-refractivity contribution in [3.05, 3.63) is 39.4 Å². The van der Waals surface area contributed by atoms with Crippen molar-refractivity contribution in [3.8, 4) is 0 Å². The summed E-state index contributed by atoms with van der Waals surface area (Å²) in [5.41, 5.74) is 1.15. The van der Waals surface area contributed by atoms with Gasteiger partial charge in [0.05, 0.1) is 4.92 Å². The Kier molecular flexibility index (Phi) is 3.80. The summed E-state index contributed by atoms with van der Waals surface area (Å²) in [5.74, 6) is -0.126. The second kappa shape index (κ2) is 5.36. The fraction of sp³-hybridized carbons (Fsp3) is 0.462. The van der Waals surface area contributed by atoms with Crippen molar-refractivity contribution in [2.24, 2.45) is 0 Å². The lowest BCUT2D eigenvalue weighted by molar-refractivity contribution is -0.384. The largest absolute Gasteiger partial charge is 0.337 e. The zero-order valence-corrected chi connectivity index (χ0v) is 11.0. The SMILES string of the molecule is CNC1CCN(C(=O)c2cc([N+](=O)[O-])ccc2C)C1. The summed E-state index contributed by atoms with van der Waals surface area (Å²) in [5, 5.41) is 13.9. The third kappa shape index (κ3) is 2.73. The topological polar surface area (TPSA) is 75.5 Å². The van der Waals surface area contributed by atoms with Crippen molar-refractivity contribution >= 4 is 11.6 Å². The molecule has 1 heterocycles. The number of nitrogens with one attached hydrogen (secondary N) is 1. The molecule has 1 atom stereocenters. The van der Waals surface area contributed by atoms with Crippen LogP contribution in [0.25, 0.3) is 0 Å². The molecule has 1 aliphatic rings. The molecule has 102 valence electrons. The number of non-ortho nitro benzene ring substituents is 1. The minimum absolute atomic E-state index is 0.0432. The lowest BCUT2D eigenvalue weighted by Crippen LogP contribution is -2.33. The number of hydrogen-bond donors (Lipinski definition) is 1. The van der Waals surface area contributed by atoms with Gasteiger partial charge < -0.3 is 10.2 Å². The van der Waals surface area contributed by atoms with Crippen LogP contribution >= 0.6 is 0 Å². The fourth-order valence-electron chi connectivity index (χ4n) is 2.30. The van der Waals surface area contributed by atoms with E-state index in [4.69, 9.17) is 0 Å². The van der Waals surface area contributed by atoms with Gasteiger partial charge in [-0.25, -0.2) is 0 Å². The van der Waals surface area contributed by atoms with Gasteiger partial charge in [0.25, 0.3) is 11.6 Å². The van der Waals surface area contributed by atoms with Crippen molar-refractivity contribution in [2.75, 3.05) is 20.1 Å². The molecule has 1 aromatic carbocycles. The molecule has 1 saturated heterocycles. The van der Waals surface area contributed by atoms with Crippen LogP contribution in [-0.4, -0.2) is 41.9 Å². The monoisotopic (exact) mass is 263 g/mol. The van der Waals surface area contributed by atoms with Crippen LogP contribution in [0, 0.1) is 17.0 Å². The molecule has 0 radical (unpaired) electrons. The average molecular weight is 263 g/mol. The van der Waals surface area contributed by atoms with Crippen LogP contribution in [0.5, 0.6) is 0 Å². The Balaban J connectivity index is 2.24. The number of amides is 1. The summed E-state index contributed by atoms with van der Waals surface area (Å²) in [6.07, 6.45) is 0.913. The second-order valence-corrected chi connectivity index (χ2v) is 4.78. The molecule has 1 aromatic rings. The zero-order valence-electron chi connectivity index (χ0n) is 11.0. The van der Waals surface area contributed by atoms with Crippen molar-refractivity contribution in [2.45, 2.75) is 19.4 Å². The van der Waals surface area contributed by atoms with Crippen molar-refractivity contribution in [1.82, 2.24) is 10.2 Å². The fourth-order valence-corrected chi connectivity index (χ4v) is 2.30. The summed E-state index contributed by atoms with van der Waals surface area (Å²) < 4.78 is 0. The maximum atomic E-state index is 12.4. The number of benzene rings is 1. The quantitative estimate of drug-likeness (QED) is 0.659. The van der Waals surface area contributed by atoms with Gasteiger partial charge in [-0.05, 0) is 26.0 Å². The molecule has 2 rings (SSSR count). The van der Waals surface area contributed by atoms with Gasteiger partial charge in [0.2, 0.25) is 0 Å². The molecule has 6 heteroatoms. The van der Waals surface area contributed by atoms with Gasteiger partial charge in [-0.1, -0.05) is 6.07 Å². The molecule has 1 N–H and O–H groups in total. The minimum Gasteiger partial charge on any atom is -0.337 e. The van der Waals surface area contributed by atoms with E-state index in [9.17, 15) is 14.9 Å². The third-order valence-electron chi connectivity index (χ3n) is 3.55. The van der Waals surface area contributed by atoms with E-state index in [1.165, 1.54) is 12.1 Å². The van der Waals surface area contributed by atoms with E-state index in [-0.39, 0.29) is 11.6 Å². The van der Waals surface area contributed by atoms with Gasteiger partial charge in [0, 0.05) is 36.8 Å². The number of nitro benzene ring substituents is 1. The summed E-state index contributed by atoms with van der Waals surface area (Å²) in [6, 6.07) is 4.72. The normalized spacial score (nSPS) is 18.6. The molecular weight excluding hydrogens is 246 g/mol. The number of likely N-dealkylation sites (tertiary alicyclic amines) is 1. The van der Waals surface area contributed by atoms with Gasteiger partial charge >= 0.3 is 0 Å². The highest BCUT2D eigenvalue weighted by molar-refractivity contribution is 5.96. The Hall–Kier alpha value is -1.95. The van der Waals surface area contributed by atoms with E-state index in [1.807, 2.05) is 7.05 Å². The van der Waals surface area contributed by atoms with E-state index >= 15 is 0 Å². The van der Waals surface area contributed by atoms with Crippen LogP contribution in [0.3, 0.4) is 0 Å². The smallest absolute Gasteiger partial charge is 0.270 e. The number of nitrogens with zero attached hydrogens (tertiary/aromatic N) is 2. The van der Waals surface area contributed by atoms with Crippen LogP contribution in [0.15, 0.2) is 18.2 Å². The molecule has 0 bridgehead atoms. The number of aryl methyl sites for hydroxylation is 1. The minimum atomic E-state index is -0.476. The summed E-state index contributed by atoms with van der Waals surface area (Å²) in [6.45, 7) is 3.13. The number of nitro groups is 1. The van der Waals surface area contributed by atoms with Crippen LogP contribution in [0.2, 0.25) is 0 Å². The highest BCUT2D eigenvalue weighted by atomic mass is 16.6. The number of carbonyl (C=O) groups is 1. The Morgan fingerprint density at radius 2 is 2.26 bits per heavy atom. The molecule has 1 unspecified atom stereocenters. The molecule has 0 spiro atoms. The van der Waals surface area contributed by atoms with Gasteiger partial charge in [-0.2, -0.15) is 0 Å². The summed E-state index contributed by atoms with van der Waals surface area (Å²) in [7, 11) is 1.87. The van der Waals surface area contributed by atoms with E-state index in [0.29, 0.717) is 24.7 Å². The van der Waals surface area contributed by atoms with Crippen LogP contribution in [0.4, 0.5) is 5.69 Å². The maximum Gasteiger partial charge on any atom is 0.270 e.